The van der Waals surface area contributed by atoms with Crippen LogP contribution in [0.15, 0.2) is 12.7 Å². The molecule has 0 aromatic carbocycles. The molecule has 2 saturated carbocycles. The van der Waals surface area contributed by atoms with Gasteiger partial charge >= 0.3 is 0 Å². The van der Waals surface area contributed by atoms with Gasteiger partial charge in [0.1, 0.15) is 0 Å². The molecule has 4 N–H and O–H groups in total. The average Bonchev–Trinajstić information content (AvgIpc) is 2.54. The third kappa shape index (κ3) is 2.73. The van der Waals surface area contributed by atoms with Gasteiger partial charge in [0.25, 0.3) is 0 Å². The van der Waals surface area contributed by atoms with Crippen molar-refractivity contribution in [3.8, 4) is 0 Å². The molecule has 2 aliphatic rings. The molecule has 0 saturated heterocycles. The maximum Gasteiger partial charge on any atom is 0.0797 e. The summed E-state index contributed by atoms with van der Waals surface area (Å²) in [5.74, 6) is 0. The SMILES string of the molecule is C=CC(C)(O)CCC1(C)C(C)(CO)CCC2(N)C(C)(C)CCCC12C. The molecule has 2 rings (SSSR count). The Morgan fingerprint density at radius 2 is 1.68 bits per heavy atom. The molecule has 0 aromatic rings. The molecule has 0 aliphatic heterocycles. The zero-order valence-corrected chi connectivity index (χ0v) is 17.4. The minimum absolute atomic E-state index is 0.0747. The molecule has 5 unspecified atom stereocenters. The highest BCUT2D eigenvalue weighted by Gasteiger charge is 2.69. The van der Waals surface area contributed by atoms with Gasteiger partial charge in [-0.15, -0.1) is 6.58 Å². The van der Waals surface area contributed by atoms with E-state index in [1.807, 2.05) is 6.92 Å². The minimum atomic E-state index is -0.880. The fourth-order valence-electron chi connectivity index (χ4n) is 6.31. The molecular weight excluding hydrogens is 310 g/mol. The van der Waals surface area contributed by atoms with Crippen molar-refractivity contribution in [1.29, 1.82) is 0 Å². The second-order valence-electron chi connectivity index (χ2n) is 10.7. The summed E-state index contributed by atoms with van der Waals surface area (Å²) in [6.45, 7) is 17.3. The third-order valence-electron chi connectivity index (χ3n) is 9.21. The number of nitrogens with two attached hydrogens (primary N) is 1. The topological polar surface area (TPSA) is 66.5 Å². The van der Waals surface area contributed by atoms with Crippen molar-refractivity contribution in [2.75, 3.05) is 6.61 Å². The van der Waals surface area contributed by atoms with Crippen molar-refractivity contribution in [1.82, 2.24) is 0 Å². The summed E-state index contributed by atoms with van der Waals surface area (Å²) in [4.78, 5) is 0. The third-order valence-corrected chi connectivity index (χ3v) is 9.21. The molecule has 0 radical (unpaired) electrons. The van der Waals surface area contributed by atoms with Gasteiger partial charge in [-0.25, -0.2) is 0 Å². The maximum absolute atomic E-state index is 10.5. The van der Waals surface area contributed by atoms with Gasteiger partial charge in [-0.2, -0.15) is 0 Å². The summed E-state index contributed by atoms with van der Waals surface area (Å²) in [6, 6.07) is 0. The first-order valence-electron chi connectivity index (χ1n) is 10.0. The predicted octanol–water partition coefficient (Wildman–Crippen LogP) is 4.42. The number of hydrogen-bond donors (Lipinski definition) is 3. The van der Waals surface area contributed by atoms with Crippen molar-refractivity contribution in [3.63, 3.8) is 0 Å². The van der Waals surface area contributed by atoms with Crippen LogP contribution >= 0.6 is 0 Å². The highest BCUT2D eigenvalue weighted by Crippen LogP contribution is 2.71. The van der Waals surface area contributed by atoms with Crippen LogP contribution in [0, 0.1) is 21.7 Å². The molecular formula is C22H41NO2. The van der Waals surface area contributed by atoms with E-state index in [9.17, 15) is 10.2 Å². The average molecular weight is 352 g/mol. The Morgan fingerprint density at radius 3 is 2.20 bits per heavy atom. The minimum Gasteiger partial charge on any atom is -0.396 e. The Balaban J connectivity index is 2.55. The van der Waals surface area contributed by atoms with Crippen molar-refractivity contribution < 1.29 is 10.2 Å². The largest absolute Gasteiger partial charge is 0.396 e. The first-order chi connectivity index (χ1) is 11.2. The number of aliphatic hydroxyl groups is 2. The van der Waals surface area contributed by atoms with Crippen LogP contribution in [0.4, 0.5) is 0 Å². The van der Waals surface area contributed by atoms with Gasteiger partial charge < -0.3 is 15.9 Å². The van der Waals surface area contributed by atoms with E-state index >= 15 is 0 Å². The molecule has 0 aromatic heterocycles. The van der Waals surface area contributed by atoms with E-state index in [0.29, 0.717) is 6.42 Å². The van der Waals surface area contributed by atoms with E-state index < -0.39 is 5.60 Å². The van der Waals surface area contributed by atoms with Crippen LogP contribution in [0.2, 0.25) is 0 Å². The lowest BCUT2D eigenvalue weighted by atomic mass is 9.34. The molecule has 3 heteroatoms. The number of rotatable bonds is 5. The van der Waals surface area contributed by atoms with E-state index in [4.69, 9.17) is 5.73 Å². The lowest BCUT2D eigenvalue weighted by Crippen LogP contribution is -2.75. The fourth-order valence-corrected chi connectivity index (χ4v) is 6.31. The smallest absolute Gasteiger partial charge is 0.0797 e. The summed E-state index contributed by atoms with van der Waals surface area (Å²) in [5.41, 5.74) is 5.78. The zero-order valence-electron chi connectivity index (χ0n) is 17.4. The summed E-state index contributed by atoms with van der Waals surface area (Å²) < 4.78 is 0. The van der Waals surface area contributed by atoms with Crippen molar-refractivity contribution in [2.45, 2.75) is 97.6 Å². The summed E-state index contributed by atoms with van der Waals surface area (Å²) >= 11 is 0. The second-order valence-corrected chi connectivity index (χ2v) is 10.7. The van der Waals surface area contributed by atoms with Gasteiger partial charge in [-0.1, -0.05) is 47.1 Å². The Hall–Kier alpha value is -0.380. The predicted molar refractivity (Wildman–Crippen MR) is 105 cm³/mol. The van der Waals surface area contributed by atoms with Crippen LogP contribution in [0.3, 0.4) is 0 Å². The standard InChI is InChI=1S/C22H41NO2/c1-8-19(5,25)13-14-20(6)18(4,16-24)12-15-22(23)17(2,3)10-9-11-21(20,22)7/h8,24-25H,1,9-16,23H2,2-7H3. The van der Waals surface area contributed by atoms with Crippen LogP contribution in [-0.2, 0) is 0 Å². The molecule has 0 bridgehead atoms. The quantitative estimate of drug-likeness (QED) is 0.643. The summed E-state index contributed by atoms with van der Waals surface area (Å²) in [7, 11) is 0. The first-order valence-corrected chi connectivity index (χ1v) is 10.0. The second kappa shape index (κ2) is 6.07. The Kier molecular flexibility index (Phi) is 5.08. The van der Waals surface area contributed by atoms with E-state index in [2.05, 4.69) is 41.2 Å². The fraction of sp³-hybridized carbons (Fsp3) is 0.909. The molecule has 25 heavy (non-hydrogen) atoms. The normalized spacial score (nSPS) is 46.1. The molecule has 0 heterocycles. The van der Waals surface area contributed by atoms with E-state index in [1.54, 1.807) is 6.08 Å². The van der Waals surface area contributed by atoms with Crippen molar-refractivity contribution >= 4 is 0 Å². The van der Waals surface area contributed by atoms with E-state index in [0.717, 1.165) is 32.1 Å². The van der Waals surface area contributed by atoms with Crippen molar-refractivity contribution in [3.05, 3.63) is 12.7 Å². The molecule has 146 valence electrons. The van der Waals surface area contributed by atoms with Gasteiger partial charge in [-0.05, 0) is 67.1 Å². The van der Waals surface area contributed by atoms with Gasteiger partial charge in [0.2, 0.25) is 0 Å². The molecule has 2 aliphatic carbocycles. The first kappa shape index (κ1) is 20.9. The van der Waals surface area contributed by atoms with Crippen LogP contribution in [-0.4, -0.2) is 28.0 Å². The summed E-state index contributed by atoms with van der Waals surface area (Å²) in [6.07, 6.45) is 8.45. The Bertz CT molecular complexity index is 528. The molecule has 2 fully saturated rings. The molecule has 0 spiro atoms. The molecule has 3 nitrogen and oxygen atoms in total. The van der Waals surface area contributed by atoms with E-state index in [1.165, 1.54) is 6.42 Å². The number of aliphatic hydroxyl groups excluding tert-OH is 1. The van der Waals surface area contributed by atoms with Gasteiger partial charge in [-0.3, -0.25) is 0 Å². The van der Waals surface area contributed by atoms with Crippen LogP contribution in [0.25, 0.3) is 0 Å². The van der Waals surface area contributed by atoms with Crippen LogP contribution in [0.1, 0.15) is 86.5 Å². The number of fused-ring (bicyclic) bond motifs is 1. The van der Waals surface area contributed by atoms with Gasteiger partial charge in [0.15, 0.2) is 0 Å². The molecule has 5 atom stereocenters. The zero-order chi connectivity index (χ0) is 19.4. The van der Waals surface area contributed by atoms with Crippen LogP contribution < -0.4 is 5.73 Å². The summed E-state index contributed by atoms with van der Waals surface area (Å²) in [5, 5.41) is 20.9. The Morgan fingerprint density at radius 1 is 1.08 bits per heavy atom. The van der Waals surface area contributed by atoms with Crippen LogP contribution in [0.5, 0.6) is 0 Å². The van der Waals surface area contributed by atoms with Crippen molar-refractivity contribution in [2.24, 2.45) is 27.4 Å². The maximum atomic E-state index is 10.5. The monoisotopic (exact) mass is 351 g/mol. The lowest BCUT2D eigenvalue weighted by molar-refractivity contribution is -0.217. The molecule has 0 amide bonds. The number of hydrogen-bond acceptors (Lipinski definition) is 3. The Labute approximate surface area is 155 Å². The van der Waals surface area contributed by atoms with Gasteiger partial charge in [0, 0.05) is 12.1 Å². The lowest BCUT2D eigenvalue weighted by Gasteiger charge is -2.72. The highest BCUT2D eigenvalue weighted by molar-refractivity contribution is 5.22. The van der Waals surface area contributed by atoms with E-state index in [-0.39, 0.29) is 33.8 Å². The van der Waals surface area contributed by atoms with Gasteiger partial charge in [0.05, 0.1) is 5.60 Å². The highest BCUT2D eigenvalue weighted by atomic mass is 16.3.